The van der Waals surface area contributed by atoms with Gasteiger partial charge in [-0.05, 0) is 12.0 Å². The van der Waals surface area contributed by atoms with Crippen molar-refractivity contribution < 1.29 is 49.6 Å². The summed E-state index contributed by atoms with van der Waals surface area (Å²) in [7, 11) is 0. The van der Waals surface area contributed by atoms with Crippen LogP contribution in [0.3, 0.4) is 0 Å². The highest BCUT2D eigenvalue weighted by Crippen LogP contribution is 2.26. The molecule has 0 saturated carbocycles. The lowest BCUT2D eigenvalue weighted by Crippen LogP contribution is -2.59. The summed E-state index contributed by atoms with van der Waals surface area (Å²) in [5.74, 6) is 0. The zero-order valence-electron chi connectivity index (χ0n) is 15.7. The summed E-state index contributed by atoms with van der Waals surface area (Å²) in [4.78, 5) is 0. The molecule has 1 aromatic carbocycles. The van der Waals surface area contributed by atoms with Crippen molar-refractivity contribution in [2.75, 3.05) is 19.8 Å². The van der Waals surface area contributed by atoms with Gasteiger partial charge in [-0.15, -0.1) is 0 Å². The van der Waals surface area contributed by atoms with Crippen LogP contribution < -0.4 is 0 Å². The van der Waals surface area contributed by atoms with E-state index in [1.807, 2.05) is 30.3 Å². The van der Waals surface area contributed by atoms with Gasteiger partial charge in [-0.25, -0.2) is 0 Å². The molecule has 0 unspecified atom stereocenters. The highest BCUT2D eigenvalue weighted by Gasteiger charge is 2.47. The number of ether oxygens (including phenoxy) is 4. The maximum atomic E-state index is 10.2. The number of benzene rings is 1. The normalized spacial score (nSPS) is 40.3. The minimum atomic E-state index is -1.52. The second kappa shape index (κ2) is 10.2. The molecule has 2 saturated heterocycles. The molecule has 10 nitrogen and oxygen atoms in total. The molecular weight excluding hydrogens is 388 g/mol. The maximum absolute atomic E-state index is 10.2. The molecule has 1 aromatic rings. The summed E-state index contributed by atoms with van der Waals surface area (Å²) in [5, 5.41) is 59.1. The number of aliphatic hydroxyl groups is 6. The van der Waals surface area contributed by atoms with Crippen LogP contribution in [0.1, 0.15) is 5.56 Å². The molecule has 2 aliphatic rings. The Hall–Kier alpha value is -1.18. The van der Waals surface area contributed by atoms with E-state index in [0.717, 1.165) is 5.56 Å². The standard InChI is InChI=1S/C19H28O10/c20-8-11-13(21)16(24)19(28-11)27-9-12-14(22)15(23)17(25)18(29-12)26-7-6-10-4-2-1-3-5-10/h1-5,11-25H,6-9H2/t11-,12+,13-,14+,15-,16+,17+,18+,19+/m0/s1. The van der Waals surface area contributed by atoms with Crippen LogP contribution >= 0.6 is 0 Å². The lowest BCUT2D eigenvalue weighted by atomic mass is 9.99. The van der Waals surface area contributed by atoms with Gasteiger partial charge in [0.05, 0.1) is 19.8 Å². The summed E-state index contributed by atoms with van der Waals surface area (Å²) in [5.41, 5.74) is 1.03. The molecule has 0 bridgehead atoms. The van der Waals surface area contributed by atoms with E-state index >= 15 is 0 Å². The highest BCUT2D eigenvalue weighted by molar-refractivity contribution is 5.14. The van der Waals surface area contributed by atoms with Crippen LogP contribution in [0.25, 0.3) is 0 Å². The Kier molecular flexibility index (Phi) is 7.93. The van der Waals surface area contributed by atoms with Gasteiger partial charge in [0.25, 0.3) is 0 Å². The third-order valence-corrected chi connectivity index (χ3v) is 5.11. The molecule has 164 valence electrons. The Morgan fingerprint density at radius 1 is 0.724 bits per heavy atom. The SMILES string of the molecule is OC[C@@H]1O[C@@H](OC[C@H]2O[C@@H](OCCc3ccccc3)[C@H](O)[C@@H](O)[C@@H]2O)[C@H](O)[C@H]1O. The molecule has 0 amide bonds. The predicted octanol–water partition coefficient (Wildman–Crippen LogP) is -2.49. The first-order valence-electron chi connectivity index (χ1n) is 9.51. The van der Waals surface area contributed by atoms with Crippen molar-refractivity contribution in [1.82, 2.24) is 0 Å². The molecule has 0 radical (unpaired) electrons. The fraction of sp³-hybridized carbons (Fsp3) is 0.684. The van der Waals surface area contributed by atoms with E-state index in [9.17, 15) is 25.5 Å². The van der Waals surface area contributed by atoms with E-state index in [1.165, 1.54) is 0 Å². The largest absolute Gasteiger partial charge is 0.394 e. The van der Waals surface area contributed by atoms with Gasteiger partial charge in [-0.3, -0.25) is 0 Å². The molecule has 2 heterocycles. The topological polar surface area (TPSA) is 158 Å². The third kappa shape index (κ3) is 5.30. The van der Waals surface area contributed by atoms with Crippen LogP contribution in [0.4, 0.5) is 0 Å². The summed E-state index contributed by atoms with van der Waals surface area (Å²) in [6.07, 6.45) is -11.1. The van der Waals surface area contributed by atoms with E-state index in [0.29, 0.717) is 6.42 Å². The lowest BCUT2D eigenvalue weighted by Gasteiger charge is -2.40. The van der Waals surface area contributed by atoms with Crippen molar-refractivity contribution >= 4 is 0 Å². The molecule has 0 aromatic heterocycles. The Morgan fingerprint density at radius 2 is 1.31 bits per heavy atom. The number of hydrogen-bond donors (Lipinski definition) is 6. The monoisotopic (exact) mass is 416 g/mol. The van der Waals surface area contributed by atoms with Gasteiger partial charge in [-0.2, -0.15) is 0 Å². The van der Waals surface area contributed by atoms with Gasteiger partial charge in [0, 0.05) is 0 Å². The van der Waals surface area contributed by atoms with Crippen LogP contribution in [0, 0.1) is 0 Å². The Labute approximate surface area is 167 Å². The third-order valence-electron chi connectivity index (χ3n) is 5.11. The van der Waals surface area contributed by atoms with Crippen LogP contribution in [0.5, 0.6) is 0 Å². The number of rotatable bonds is 8. The summed E-state index contributed by atoms with van der Waals surface area (Å²) in [6.45, 7) is -0.587. The molecule has 2 fully saturated rings. The van der Waals surface area contributed by atoms with E-state index in [1.54, 1.807) is 0 Å². The molecule has 0 spiro atoms. The molecule has 3 rings (SSSR count). The fourth-order valence-corrected chi connectivity index (χ4v) is 3.32. The number of aliphatic hydroxyl groups excluding tert-OH is 6. The van der Waals surface area contributed by atoms with Crippen molar-refractivity contribution in [2.24, 2.45) is 0 Å². The second-order valence-electron chi connectivity index (χ2n) is 7.16. The zero-order valence-corrected chi connectivity index (χ0v) is 15.7. The average molecular weight is 416 g/mol. The van der Waals surface area contributed by atoms with E-state index in [-0.39, 0.29) is 13.2 Å². The quantitative estimate of drug-likeness (QED) is 0.268. The first kappa shape index (κ1) is 22.5. The van der Waals surface area contributed by atoms with Gasteiger partial charge in [0.2, 0.25) is 0 Å². The summed E-state index contributed by atoms with van der Waals surface area (Å²) < 4.78 is 21.6. The molecule has 10 heteroatoms. The minimum Gasteiger partial charge on any atom is -0.394 e. The lowest BCUT2D eigenvalue weighted by molar-refractivity contribution is -0.310. The van der Waals surface area contributed by atoms with Crippen LogP contribution in [0.15, 0.2) is 30.3 Å². The first-order valence-corrected chi connectivity index (χ1v) is 9.51. The summed E-state index contributed by atoms with van der Waals surface area (Å²) in [6, 6.07) is 9.54. The second-order valence-corrected chi connectivity index (χ2v) is 7.16. The van der Waals surface area contributed by atoms with Crippen LogP contribution in [-0.2, 0) is 25.4 Å². The van der Waals surface area contributed by atoms with Gasteiger partial charge in [-0.1, -0.05) is 30.3 Å². The average Bonchev–Trinajstić information content (AvgIpc) is 3.01. The number of hydrogen-bond acceptors (Lipinski definition) is 10. The predicted molar refractivity (Wildman–Crippen MR) is 96.5 cm³/mol. The van der Waals surface area contributed by atoms with Crippen LogP contribution in [-0.4, -0.2) is 106 Å². The fourth-order valence-electron chi connectivity index (χ4n) is 3.32. The van der Waals surface area contributed by atoms with E-state index in [2.05, 4.69) is 0 Å². The molecule has 6 N–H and O–H groups in total. The van der Waals surface area contributed by atoms with E-state index in [4.69, 9.17) is 24.1 Å². The summed E-state index contributed by atoms with van der Waals surface area (Å²) >= 11 is 0. The molecule has 2 aliphatic heterocycles. The van der Waals surface area contributed by atoms with Crippen molar-refractivity contribution in [2.45, 2.75) is 61.7 Å². The van der Waals surface area contributed by atoms with Gasteiger partial charge < -0.3 is 49.6 Å². The van der Waals surface area contributed by atoms with Crippen molar-refractivity contribution in [1.29, 1.82) is 0 Å². The van der Waals surface area contributed by atoms with Crippen molar-refractivity contribution in [3.8, 4) is 0 Å². The van der Waals surface area contributed by atoms with Crippen molar-refractivity contribution in [3.05, 3.63) is 35.9 Å². The van der Waals surface area contributed by atoms with E-state index < -0.39 is 61.9 Å². The van der Waals surface area contributed by atoms with Gasteiger partial charge >= 0.3 is 0 Å². The maximum Gasteiger partial charge on any atom is 0.186 e. The van der Waals surface area contributed by atoms with Crippen molar-refractivity contribution in [3.63, 3.8) is 0 Å². The Balaban J connectivity index is 1.52. The molecule has 29 heavy (non-hydrogen) atoms. The molecule has 9 atom stereocenters. The first-order chi connectivity index (χ1) is 13.9. The Morgan fingerprint density at radius 3 is 1.97 bits per heavy atom. The minimum absolute atomic E-state index is 0.219. The zero-order chi connectivity index (χ0) is 21.0. The van der Waals surface area contributed by atoms with Crippen LogP contribution in [0.2, 0.25) is 0 Å². The molecule has 0 aliphatic carbocycles. The smallest absolute Gasteiger partial charge is 0.186 e. The highest BCUT2D eigenvalue weighted by atomic mass is 16.7. The van der Waals surface area contributed by atoms with Gasteiger partial charge in [0.1, 0.15) is 42.7 Å². The molecular formula is C19H28O10. The van der Waals surface area contributed by atoms with Gasteiger partial charge in [0.15, 0.2) is 12.6 Å². The Bertz CT molecular complexity index is 616.